The molecule has 0 saturated carbocycles. The van der Waals surface area contributed by atoms with Crippen LogP contribution in [0.25, 0.3) is 0 Å². The molecule has 3 rings (SSSR count). The Labute approximate surface area is 108 Å². The molecule has 1 atom stereocenters. The van der Waals surface area contributed by atoms with Gasteiger partial charge in [-0.05, 0) is 18.8 Å². The minimum Gasteiger partial charge on any atom is -0.381 e. The molecule has 0 amide bonds. The molecule has 0 aliphatic carbocycles. The van der Waals surface area contributed by atoms with Gasteiger partial charge in [0.1, 0.15) is 5.82 Å². The highest BCUT2D eigenvalue weighted by Gasteiger charge is 2.21. The predicted octanol–water partition coefficient (Wildman–Crippen LogP) is 1.61. The van der Waals surface area contributed by atoms with Crippen molar-refractivity contribution in [2.24, 2.45) is 5.92 Å². The topological polar surface area (TPSA) is 47.0 Å². The minimum atomic E-state index is 0.617. The molecule has 0 radical (unpaired) electrons. The van der Waals surface area contributed by atoms with Crippen LogP contribution in [0.1, 0.15) is 42.5 Å². The number of hydrogen-bond donors (Lipinski definition) is 1. The second-order valence-electron chi connectivity index (χ2n) is 5.30. The summed E-state index contributed by atoms with van der Waals surface area (Å²) in [6.07, 6.45) is 4.35. The third-order valence-electron chi connectivity index (χ3n) is 3.80. The number of aryl methyl sites for hydroxylation is 1. The summed E-state index contributed by atoms with van der Waals surface area (Å²) < 4.78 is 5.43. The van der Waals surface area contributed by atoms with Crippen LogP contribution in [0.3, 0.4) is 0 Å². The molecule has 0 spiro atoms. The normalized spacial score (nSPS) is 22.4. The Kier molecular flexibility index (Phi) is 3.57. The van der Waals surface area contributed by atoms with Gasteiger partial charge in [-0.1, -0.05) is 13.3 Å². The summed E-state index contributed by atoms with van der Waals surface area (Å²) in [5.74, 6) is 1.64. The van der Waals surface area contributed by atoms with Crippen LogP contribution in [-0.2, 0) is 30.7 Å². The Morgan fingerprint density at radius 2 is 2.28 bits per heavy atom. The molecule has 4 heteroatoms. The summed E-state index contributed by atoms with van der Waals surface area (Å²) in [5, 5.41) is 3.38. The second-order valence-corrected chi connectivity index (χ2v) is 5.30. The molecule has 2 aliphatic heterocycles. The number of hydrogen-bond acceptors (Lipinski definition) is 4. The van der Waals surface area contributed by atoms with Gasteiger partial charge in [-0.3, -0.25) is 0 Å². The fourth-order valence-corrected chi connectivity index (χ4v) is 2.83. The summed E-state index contributed by atoms with van der Waals surface area (Å²) in [4.78, 5) is 9.52. The molecule has 1 aromatic heterocycles. The summed E-state index contributed by atoms with van der Waals surface area (Å²) in [7, 11) is 0. The second kappa shape index (κ2) is 5.33. The first-order chi connectivity index (χ1) is 8.86. The molecule has 1 fully saturated rings. The SMILES string of the molecule is CCCc1nc(CC2CCOC2)nc2c1CNC2. The number of nitrogens with one attached hydrogen (secondary N) is 1. The summed E-state index contributed by atoms with van der Waals surface area (Å²) >= 11 is 0. The number of nitrogens with zero attached hydrogens (tertiary/aromatic N) is 2. The minimum absolute atomic E-state index is 0.617. The van der Waals surface area contributed by atoms with Crippen LogP contribution < -0.4 is 5.32 Å². The molecule has 1 saturated heterocycles. The lowest BCUT2D eigenvalue weighted by atomic mass is 10.0. The Morgan fingerprint density at radius 1 is 1.33 bits per heavy atom. The van der Waals surface area contributed by atoms with E-state index >= 15 is 0 Å². The predicted molar refractivity (Wildman–Crippen MR) is 69.2 cm³/mol. The maximum Gasteiger partial charge on any atom is 0.129 e. The van der Waals surface area contributed by atoms with Gasteiger partial charge in [0, 0.05) is 44.0 Å². The average Bonchev–Trinajstić information content (AvgIpc) is 3.00. The average molecular weight is 247 g/mol. The Hall–Kier alpha value is -1.00. The number of rotatable bonds is 4. The van der Waals surface area contributed by atoms with Crippen LogP contribution in [0.2, 0.25) is 0 Å². The number of ether oxygens (including phenoxy) is 1. The van der Waals surface area contributed by atoms with Crippen molar-refractivity contribution in [1.29, 1.82) is 0 Å². The van der Waals surface area contributed by atoms with Gasteiger partial charge in [0.05, 0.1) is 5.69 Å². The van der Waals surface area contributed by atoms with Crippen molar-refractivity contribution in [1.82, 2.24) is 15.3 Å². The first kappa shape index (κ1) is 12.1. The van der Waals surface area contributed by atoms with Gasteiger partial charge in [0.25, 0.3) is 0 Å². The maximum absolute atomic E-state index is 5.43. The van der Waals surface area contributed by atoms with Crippen molar-refractivity contribution in [3.05, 3.63) is 22.8 Å². The van der Waals surface area contributed by atoms with E-state index in [0.29, 0.717) is 5.92 Å². The van der Waals surface area contributed by atoms with Crippen molar-refractivity contribution < 1.29 is 4.74 Å². The fraction of sp³-hybridized carbons (Fsp3) is 0.714. The van der Waals surface area contributed by atoms with Gasteiger partial charge in [-0.25, -0.2) is 9.97 Å². The van der Waals surface area contributed by atoms with Crippen LogP contribution >= 0.6 is 0 Å². The summed E-state index contributed by atoms with van der Waals surface area (Å²) in [5.41, 5.74) is 3.84. The largest absolute Gasteiger partial charge is 0.381 e. The van der Waals surface area contributed by atoms with Gasteiger partial charge >= 0.3 is 0 Å². The molecular formula is C14H21N3O. The van der Waals surface area contributed by atoms with Crippen LogP contribution in [0.5, 0.6) is 0 Å². The highest BCUT2D eigenvalue weighted by molar-refractivity contribution is 5.29. The highest BCUT2D eigenvalue weighted by Crippen LogP contribution is 2.21. The lowest BCUT2D eigenvalue weighted by Crippen LogP contribution is -2.11. The Balaban J connectivity index is 1.83. The molecular weight excluding hydrogens is 226 g/mol. The van der Waals surface area contributed by atoms with Crippen LogP contribution in [-0.4, -0.2) is 23.2 Å². The van der Waals surface area contributed by atoms with E-state index in [2.05, 4.69) is 12.2 Å². The molecule has 4 nitrogen and oxygen atoms in total. The van der Waals surface area contributed by atoms with Crippen molar-refractivity contribution in [2.75, 3.05) is 13.2 Å². The van der Waals surface area contributed by atoms with Crippen LogP contribution in [0.4, 0.5) is 0 Å². The molecule has 1 N–H and O–H groups in total. The molecule has 0 bridgehead atoms. The smallest absolute Gasteiger partial charge is 0.129 e. The third-order valence-corrected chi connectivity index (χ3v) is 3.80. The van der Waals surface area contributed by atoms with Gasteiger partial charge in [0.2, 0.25) is 0 Å². The van der Waals surface area contributed by atoms with Gasteiger partial charge in [0.15, 0.2) is 0 Å². The number of aromatic nitrogens is 2. The summed E-state index contributed by atoms with van der Waals surface area (Å²) in [6.45, 7) is 5.84. The van der Waals surface area contributed by atoms with Crippen molar-refractivity contribution in [3.63, 3.8) is 0 Å². The zero-order valence-corrected chi connectivity index (χ0v) is 11.0. The molecule has 1 aromatic rings. The molecule has 2 aliphatic rings. The van der Waals surface area contributed by atoms with Crippen LogP contribution in [0.15, 0.2) is 0 Å². The van der Waals surface area contributed by atoms with Crippen LogP contribution in [0, 0.1) is 5.92 Å². The summed E-state index contributed by atoms with van der Waals surface area (Å²) in [6, 6.07) is 0. The zero-order valence-electron chi connectivity index (χ0n) is 11.0. The maximum atomic E-state index is 5.43. The Morgan fingerprint density at radius 3 is 3.06 bits per heavy atom. The Bertz CT molecular complexity index is 427. The van der Waals surface area contributed by atoms with E-state index < -0.39 is 0 Å². The van der Waals surface area contributed by atoms with E-state index in [4.69, 9.17) is 14.7 Å². The first-order valence-corrected chi connectivity index (χ1v) is 7.02. The molecule has 18 heavy (non-hydrogen) atoms. The molecule has 3 heterocycles. The van der Waals surface area contributed by atoms with E-state index in [-0.39, 0.29) is 0 Å². The van der Waals surface area contributed by atoms with Crippen molar-refractivity contribution >= 4 is 0 Å². The van der Waals surface area contributed by atoms with E-state index in [9.17, 15) is 0 Å². The monoisotopic (exact) mass is 247 g/mol. The highest BCUT2D eigenvalue weighted by atomic mass is 16.5. The van der Waals surface area contributed by atoms with E-state index in [1.165, 1.54) is 17.0 Å². The molecule has 98 valence electrons. The standard InChI is InChI=1S/C14H21N3O/c1-2-3-12-11-7-15-8-13(11)17-14(16-12)6-10-4-5-18-9-10/h10,15H,2-9H2,1H3. The van der Waals surface area contributed by atoms with Crippen molar-refractivity contribution in [2.45, 2.75) is 45.7 Å². The van der Waals surface area contributed by atoms with E-state index in [1.54, 1.807) is 0 Å². The van der Waals surface area contributed by atoms with Crippen molar-refractivity contribution in [3.8, 4) is 0 Å². The lowest BCUT2D eigenvalue weighted by molar-refractivity contribution is 0.185. The molecule has 0 aromatic carbocycles. The first-order valence-electron chi connectivity index (χ1n) is 7.02. The zero-order chi connectivity index (χ0) is 12.4. The quantitative estimate of drug-likeness (QED) is 0.878. The van der Waals surface area contributed by atoms with Gasteiger partial charge in [-0.15, -0.1) is 0 Å². The third kappa shape index (κ3) is 2.40. The lowest BCUT2D eigenvalue weighted by Gasteiger charge is -2.11. The van der Waals surface area contributed by atoms with Gasteiger partial charge in [-0.2, -0.15) is 0 Å². The van der Waals surface area contributed by atoms with Gasteiger partial charge < -0.3 is 10.1 Å². The number of fused-ring (bicyclic) bond motifs is 1. The molecule has 1 unspecified atom stereocenters. The van der Waals surface area contributed by atoms with E-state index in [1.807, 2.05) is 0 Å². The fourth-order valence-electron chi connectivity index (χ4n) is 2.83. The van der Waals surface area contributed by atoms with E-state index in [0.717, 1.165) is 57.8 Å².